The van der Waals surface area contributed by atoms with E-state index in [0.717, 1.165) is 5.56 Å². The number of ether oxygens (including phenoxy) is 3. The molecule has 10 heteroatoms. The Labute approximate surface area is 225 Å². The maximum Gasteiger partial charge on any atom is 0.336 e. The number of carbonyl (C=O) groups is 2. The topological polar surface area (TPSA) is 117 Å². The lowest BCUT2D eigenvalue weighted by molar-refractivity contribution is -0.384. The largest absolute Gasteiger partial charge is 0.493 e. The van der Waals surface area contributed by atoms with Gasteiger partial charge in [0.25, 0.3) is 5.69 Å². The number of benzene rings is 2. The molecule has 0 bridgehead atoms. The molecule has 1 heterocycles. The molecule has 0 spiro atoms. The first-order chi connectivity index (χ1) is 18.2. The summed E-state index contributed by atoms with van der Waals surface area (Å²) in [7, 11) is 3.11. The lowest BCUT2D eigenvalue weighted by atomic mass is 9.71. The molecule has 38 heavy (non-hydrogen) atoms. The number of hydrogen-bond acceptors (Lipinski definition) is 8. The number of hydrogen-bond donors (Lipinski definition) is 1. The molecule has 2 aromatic carbocycles. The van der Waals surface area contributed by atoms with Gasteiger partial charge in [0, 0.05) is 46.5 Å². The van der Waals surface area contributed by atoms with Crippen LogP contribution in [0.1, 0.15) is 56.1 Å². The van der Waals surface area contributed by atoms with Crippen molar-refractivity contribution in [3.63, 3.8) is 0 Å². The highest BCUT2D eigenvalue weighted by Crippen LogP contribution is 2.48. The molecule has 0 fully saturated rings. The third kappa shape index (κ3) is 5.11. The van der Waals surface area contributed by atoms with Crippen LogP contribution in [0.25, 0.3) is 0 Å². The maximum absolute atomic E-state index is 13.8. The fraction of sp³-hybridized carbons (Fsp3) is 0.357. The minimum Gasteiger partial charge on any atom is -0.493 e. The summed E-state index contributed by atoms with van der Waals surface area (Å²) >= 11 is 6.54. The summed E-state index contributed by atoms with van der Waals surface area (Å²) in [4.78, 5) is 38.0. The first kappa shape index (κ1) is 27.2. The van der Waals surface area contributed by atoms with E-state index in [4.69, 9.17) is 25.8 Å². The lowest BCUT2D eigenvalue weighted by Gasteiger charge is -2.37. The third-order valence-corrected chi connectivity index (χ3v) is 7.21. The Hall–Kier alpha value is -3.85. The molecule has 4 rings (SSSR count). The number of non-ortho nitro benzene ring substituents is 1. The van der Waals surface area contributed by atoms with Gasteiger partial charge in [0.15, 0.2) is 17.3 Å². The van der Waals surface area contributed by atoms with Gasteiger partial charge >= 0.3 is 5.97 Å². The van der Waals surface area contributed by atoms with E-state index in [0.29, 0.717) is 46.9 Å². The number of dihydropyridines is 1. The normalized spacial score (nSPS) is 19.0. The van der Waals surface area contributed by atoms with Crippen LogP contribution in [0.15, 0.2) is 58.9 Å². The SMILES string of the molecule is CCCOC(=O)C1=C(C)NC2=C(C(=O)C[C@H](c3ccc(OC)c(OC)c3)C2)[C@H]1c1cc([N+](=O)[O-])ccc1Cl. The number of carbonyl (C=O) groups excluding carboxylic acids is 2. The van der Waals surface area contributed by atoms with Gasteiger partial charge in [0.2, 0.25) is 0 Å². The van der Waals surface area contributed by atoms with Crippen molar-refractivity contribution in [2.24, 2.45) is 0 Å². The quantitative estimate of drug-likeness (QED) is 0.262. The smallest absolute Gasteiger partial charge is 0.336 e. The summed E-state index contributed by atoms with van der Waals surface area (Å²) in [5.41, 5.74) is 2.79. The minimum absolute atomic E-state index is 0.156. The van der Waals surface area contributed by atoms with Crippen LogP contribution < -0.4 is 14.8 Å². The Morgan fingerprint density at radius 1 is 1.13 bits per heavy atom. The zero-order valence-electron chi connectivity index (χ0n) is 21.6. The molecule has 0 unspecified atom stereocenters. The van der Waals surface area contributed by atoms with Crippen molar-refractivity contribution in [2.75, 3.05) is 20.8 Å². The van der Waals surface area contributed by atoms with Gasteiger partial charge in [-0.3, -0.25) is 14.9 Å². The molecule has 9 nitrogen and oxygen atoms in total. The van der Waals surface area contributed by atoms with Crippen LogP contribution in [0.3, 0.4) is 0 Å². The fourth-order valence-electron chi connectivity index (χ4n) is 5.10. The zero-order valence-corrected chi connectivity index (χ0v) is 22.4. The minimum atomic E-state index is -0.901. The number of nitrogens with one attached hydrogen (secondary N) is 1. The van der Waals surface area contributed by atoms with Gasteiger partial charge in [-0.25, -0.2) is 4.79 Å². The second-order valence-electron chi connectivity index (χ2n) is 9.23. The van der Waals surface area contributed by atoms with E-state index in [-0.39, 0.29) is 41.0 Å². The van der Waals surface area contributed by atoms with E-state index >= 15 is 0 Å². The predicted molar refractivity (Wildman–Crippen MR) is 141 cm³/mol. The second-order valence-corrected chi connectivity index (χ2v) is 9.64. The third-order valence-electron chi connectivity index (χ3n) is 6.87. The van der Waals surface area contributed by atoms with E-state index in [1.165, 1.54) is 18.2 Å². The van der Waals surface area contributed by atoms with Crippen LogP contribution in [0.5, 0.6) is 11.5 Å². The number of rotatable bonds is 8. The summed E-state index contributed by atoms with van der Waals surface area (Å²) in [6, 6.07) is 9.60. The van der Waals surface area contributed by atoms with Gasteiger partial charge in [0.1, 0.15) is 0 Å². The van der Waals surface area contributed by atoms with E-state index < -0.39 is 16.8 Å². The molecule has 0 radical (unpaired) electrons. The van der Waals surface area contributed by atoms with Crippen LogP contribution in [0, 0.1) is 10.1 Å². The van der Waals surface area contributed by atoms with Crippen molar-refractivity contribution in [1.82, 2.24) is 5.32 Å². The molecule has 0 saturated heterocycles. The maximum atomic E-state index is 13.8. The standard InChI is InChI=1S/C28H29ClN2O7/c1-5-10-38-28(33)25-15(2)30-21-11-17(16-6-9-23(36-3)24(13-16)37-4)12-22(32)27(21)26(25)19-14-18(31(34)35)7-8-20(19)29/h6-9,13-14,17,26,30H,5,10-12H2,1-4H3/t17-,26+/m1/s1. The van der Waals surface area contributed by atoms with Crippen LogP contribution in [-0.4, -0.2) is 37.5 Å². The van der Waals surface area contributed by atoms with Crippen LogP contribution >= 0.6 is 11.6 Å². The molecule has 200 valence electrons. The number of nitro groups is 1. The number of ketones is 1. The number of nitrogens with zero attached hydrogens (tertiary/aromatic N) is 1. The van der Waals surface area contributed by atoms with Crippen LogP contribution in [-0.2, 0) is 14.3 Å². The summed E-state index contributed by atoms with van der Waals surface area (Å²) in [5.74, 6) is -0.682. The molecule has 2 aliphatic rings. The Morgan fingerprint density at radius 2 is 1.87 bits per heavy atom. The number of nitro benzene ring substituents is 1. The average molecular weight is 541 g/mol. The van der Waals surface area contributed by atoms with E-state index in [9.17, 15) is 19.7 Å². The highest BCUT2D eigenvalue weighted by Gasteiger charge is 2.42. The van der Waals surface area contributed by atoms with E-state index in [1.807, 2.05) is 19.1 Å². The van der Waals surface area contributed by atoms with Gasteiger partial charge < -0.3 is 19.5 Å². The Balaban J connectivity index is 1.83. The van der Waals surface area contributed by atoms with Gasteiger partial charge in [-0.2, -0.15) is 0 Å². The average Bonchev–Trinajstić information content (AvgIpc) is 2.90. The highest BCUT2D eigenvalue weighted by molar-refractivity contribution is 6.31. The number of Topliss-reactive ketones (excluding diaryl/α,β-unsaturated/α-hetero) is 1. The van der Waals surface area contributed by atoms with Crippen molar-refractivity contribution in [3.05, 3.63) is 85.2 Å². The van der Waals surface area contributed by atoms with Gasteiger partial charge in [-0.05, 0) is 55.0 Å². The molecule has 0 amide bonds. The van der Waals surface area contributed by atoms with Crippen molar-refractivity contribution in [2.45, 2.75) is 44.9 Å². The van der Waals surface area contributed by atoms with Crippen molar-refractivity contribution in [1.29, 1.82) is 0 Å². The molecular weight excluding hydrogens is 512 g/mol. The number of methoxy groups -OCH3 is 2. The first-order valence-corrected chi connectivity index (χ1v) is 12.6. The Bertz CT molecular complexity index is 1360. The molecular formula is C28H29ClN2O7. The molecule has 0 aromatic heterocycles. The fourth-order valence-corrected chi connectivity index (χ4v) is 5.33. The molecule has 2 aromatic rings. The van der Waals surface area contributed by atoms with E-state index in [2.05, 4.69) is 5.32 Å². The van der Waals surface area contributed by atoms with Crippen LogP contribution in [0.2, 0.25) is 5.02 Å². The zero-order chi connectivity index (χ0) is 27.6. The summed E-state index contributed by atoms with van der Waals surface area (Å²) < 4.78 is 16.2. The molecule has 2 atom stereocenters. The van der Waals surface area contributed by atoms with Crippen molar-refractivity contribution >= 4 is 29.0 Å². The van der Waals surface area contributed by atoms with Crippen molar-refractivity contribution < 1.29 is 28.7 Å². The molecule has 1 aliphatic heterocycles. The Morgan fingerprint density at radius 3 is 2.53 bits per heavy atom. The first-order valence-electron chi connectivity index (χ1n) is 12.3. The van der Waals surface area contributed by atoms with Crippen LogP contribution in [0.4, 0.5) is 5.69 Å². The molecule has 0 saturated carbocycles. The lowest BCUT2D eigenvalue weighted by Crippen LogP contribution is -2.36. The number of esters is 1. The van der Waals surface area contributed by atoms with E-state index in [1.54, 1.807) is 27.2 Å². The second kappa shape index (κ2) is 11.3. The van der Waals surface area contributed by atoms with Gasteiger partial charge in [-0.1, -0.05) is 24.6 Å². The summed E-state index contributed by atoms with van der Waals surface area (Å²) in [6.07, 6.45) is 1.28. The summed E-state index contributed by atoms with van der Waals surface area (Å²) in [6.45, 7) is 3.81. The highest BCUT2D eigenvalue weighted by atomic mass is 35.5. The summed E-state index contributed by atoms with van der Waals surface area (Å²) in [5, 5.41) is 15.1. The molecule has 1 N–H and O–H groups in total. The number of halogens is 1. The number of allylic oxidation sites excluding steroid dienone is 3. The Kier molecular flexibility index (Phi) is 8.06. The monoisotopic (exact) mass is 540 g/mol. The predicted octanol–water partition coefficient (Wildman–Crippen LogP) is 5.58. The van der Waals surface area contributed by atoms with Crippen molar-refractivity contribution in [3.8, 4) is 11.5 Å². The molecule has 1 aliphatic carbocycles. The van der Waals surface area contributed by atoms with Gasteiger partial charge in [-0.15, -0.1) is 0 Å². The van der Waals surface area contributed by atoms with Gasteiger partial charge in [0.05, 0.1) is 31.3 Å².